The molecule has 0 atom stereocenters. The van der Waals surface area contributed by atoms with Crippen LogP contribution in [0.3, 0.4) is 0 Å². The van der Waals surface area contributed by atoms with Gasteiger partial charge in [0, 0.05) is 23.3 Å². The minimum Gasteiger partial charge on any atom is -0.321 e. The summed E-state index contributed by atoms with van der Waals surface area (Å²) in [5.41, 5.74) is -0.482. The van der Waals surface area contributed by atoms with E-state index in [0.717, 1.165) is 58.0 Å². The fourth-order valence-corrected chi connectivity index (χ4v) is 9.21. The topological polar surface area (TPSA) is 201 Å². The van der Waals surface area contributed by atoms with Gasteiger partial charge in [-0.15, -0.1) is 0 Å². The lowest BCUT2D eigenvalue weighted by atomic mass is 10.0. The number of nitrogens with one attached hydrogen (secondary N) is 2. The predicted molar refractivity (Wildman–Crippen MR) is 200 cm³/mol. The van der Waals surface area contributed by atoms with Gasteiger partial charge < -0.3 is 10.6 Å². The fourth-order valence-electron chi connectivity index (χ4n) is 6.20. The van der Waals surface area contributed by atoms with E-state index < -0.39 is 72.8 Å². The molecule has 4 N–H and O–H groups in total. The molecule has 7 rings (SSSR count). The van der Waals surface area contributed by atoms with Crippen LogP contribution in [-0.2, 0) is 39.7 Å². The minimum atomic E-state index is -5.11. The van der Waals surface area contributed by atoms with E-state index in [1.165, 1.54) is 12.2 Å². The average Bonchev–Trinajstić information content (AvgIpc) is 3.32. The van der Waals surface area contributed by atoms with Gasteiger partial charge in [0.05, 0.1) is 21.2 Å². The number of fused-ring (bicyclic) bond motifs is 5. The molecule has 0 unspecified atom stereocenters. The first-order chi connectivity index (χ1) is 25.1. The molecule has 0 radical (unpaired) electrons. The highest BCUT2D eigenvalue weighted by Gasteiger charge is 2.38. The Morgan fingerprint density at radius 2 is 0.925 bits per heavy atom. The second-order valence-corrected chi connectivity index (χ2v) is 16.6. The van der Waals surface area contributed by atoms with Crippen LogP contribution in [0.25, 0.3) is 44.8 Å². The lowest BCUT2D eigenvalue weighted by Crippen LogP contribution is -2.13. The molecule has 266 valence electrons. The van der Waals surface area contributed by atoms with Gasteiger partial charge in [0.15, 0.2) is 0 Å². The molecule has 6 aromatic rings. The molecule has 15 heteroatoms. The molecule has 1 heterocycles. The van der Waals surface area contributed by atoms with Crippen molar-refractivity contribution in [1.29, 1.82) is 0 Å². The second-order valence-electron chi connectivity index (χ2n) is 11.9. The molecule has 12 nitrogen and oxygen atoms in total. The SMILES string of the molecule is O=C(C=Cc1cccc2ccccc12)Nc1cc2c(cc1S(=O)(=O)O)-c1cc(S(=O)(=O)O)c(NC(=O)C=Cc3cccc4ccccc34)cc1S2(=O)=O. The van der Waals surface area contributed by atoms with Gasteiger partial charge in [-0.2, -0.15) is 16.8 Å². The summed E-state index contributed by atoms with van der Waals surface area (Å²) in [6, 6.07) is 28.9. The molecular weight excluding hydrogens is 741 g/mol. The minimum absolute atomic E-state index is 0.337. The third-order valence-corrected chi connectivity index (χ3v) is 12.2. The van der Waals surface area contributed by atoms with Crippen LogP contribution in [0.4, 0.5) is 11.4 Å². The molecule has 1 aliphatic rings. The number of carbonyl (C=O) groups is 2. The Morgan fingerprint density at radius 1 is 0.547 bits per heavy atom. The zero-order valence-electron chi connectivity index (χ0n) is 27.1. The highest BCUT2D eigenvalue weighted by molar-refractivity contribution is 7.92. The summed E-state index contributed by atoms with van der Waals surface area (Å²) in [5.74, 6) is -1.71. The Morgan fingerprint density at radius 3 is 1.32 bits per heavy atom. The Kier molecular flexibility index (Phi) is 8.84. The standard InChI is InChI=1S/C38H26N2O10S3/c41-37(17-15-25-11-5-9-23-7-1-3-13-27(23)25)39-31-21-33-29(19-35(31)52(45,46)47)30-20-36(53(48,49)50)32(22-34(30)51(33,43)44)40-38(42)18-16-26-12-6-10-24-8-2-4-14-28(24)26/h1-22H,(H,39,41)(H,40,42)(H,45,46,47)(H,48,49,50). The van der Waals surface area contributed by atoms with E-state index in [1.54, 1.807) is 24.3 Å². The van der Waals surface area contributed by atoms with Crippen molar-refractivity contribution in [2.24, 2.45) is 0 Å². The predicted octanol–water partition coefficient (Wildman–Crippen LogP) is 6.60. The number of carbonyl (C=O) groups excluding carboxylic acids is 2. The molecule has 2 amide bonds. The molecule has 1 aliphatic heterocycles. The lowest BCUT2D eigenvalue weighted by molar-refractivity contribution is -0.112. The van der Waals surface area contributed by atoms with Crippen LogP contribution in [0.5, 0.6) is 0 Å². The van der Waals surface area contributed by atoms with Gasteiger partial charge in [0.2, 0.25) is 21.7 Å². The van der Waals surface area contributed by atoms with Crippen LogP contribution >= 0.6 is 0 Å². The van der Waals surface area contributed by atoms with E-state index in [-0.39, 0.29) is 11.1 Å². The van der Waals surface area contributed by atoms with Crippen LogP contribution in [0.1, 0.15) is 11.1 Å². The molecule has 0 spiro atoms. The largest absolute Gasteiger partial charge is 0.321 e. The van der Waals surface area contributed by atoms with Gasteiger partial charge in [-0.25, -0.2) is 8.42 Å². The van der Waals surface area contributed by atoms with Gasteiger partial charge in [-0.3, -0.25) is 18.7 Å². The second kappa shape index (κ2) is 13.2. The average molecular weight is 767 g/mol. The molecule has 0 bridgehead atoms. The first kappa shape index (κ1) is 35.4. The van der Waals surface area contributed by atoms with Crippen molar-refractivity contribution in [3.05, 3.63) is 132 Å². The highest BCUT2D eigenvalue weighted by atomic mass is 32.2. The number of hydrogen-bond acceptors (Lipinski definition) is 8. The highest BCUT2D eigenvalue weighted by Crippen LogP contribution is 2.48. The quantitative estimate of drug-likeness (QED) is 0.0964. The van der Waals surface area contributed by atoms with Gasteiger partial charge in [-0.05, 0) is 69.1 Å². The molecular formula is C38H26N2O10S3. The molecule has 0 saturated heterocycles. The van der Waals surface area contributed by atoms with E-state index >= 15 is 0 Å². The Labute approximate surface area is 303 Å². The number of rotatable bonds is 8. The normalized spacial score (nSPS) is 13.7. The van der Waals surface area contributed by atoms with Gasteiger partial charge in [0.1, 0.15) is 9.79 Å². The van der Waals surface area contributed by atoms with Gasteiger partial charge >= 0.3 is 0 Å². The zero-order chi connectivity index (χ0) is 37.7. The summed E-state index contributed by atoms with van der Waals surface area (Å²) in [6.07, 6.45) is 5.17. The van der Waals surface area contributed by atoms with E-state index in [1.807, 2.05) is 60.7 Å². The number of hydrogen-bond donors (Lipinski definition) is 4. The van der Waals surface area contributed by atoms with Crippen LogP contribution in [0.2, 0.25) is 0 Å². The first-order valence-electron chi connectivity index (χ1n) is 15.6. The number of anilines is 2. The molecule has 6 aromatic carbocycles. The van der Waals surface area contributed by atoms with Crippen molar-refractivity contribution in [1.82, 2.24) is 0 Å². The zero-order valence-corrected chi connectivity index (χ0v) is 29.5. The van der Waals surface area contributed by atoms with Gasteiger partial charge in [0.25, 0.3) is 20.2 Å². The molecule has 0 aromatic heterocycles. The van der Waals surface area contributed by atoms with E-state index in [0.29, 0.717) is 11.1 Å². The molecule has 0 saturated carbocycles. The van der Waals surface area contributed by atoms with Gasteiger partial charge in [-0.1, -0.05) is 84.9 Å². The van der Waals surface area contributed by atoms with E-state index in [9.17, 15) is 43.9 Å². The van der Waals surface area contributed by atoms with Crippen LogP contribution in [0, 0.1) is 0 Å². The van der Waals surface area contributed by atoms with Crippen molar-refractivity contribution < 1.29 is 43.9 Å². The van der Waals surface area contributed by atoms with Crippen LogP contribution in [-0.4, -0.2) is 46.2 Å². The van der Waals surface area contributed by atoms with Crippen molar-refractivity contribution in [2.45, 2.75) is 19.6 Å². The maximum atomic E-state index is 13.9. The van der Waals surface area contributed by atoms with Crippen LogP contribution in [0.15, 0.2) is 141 Å². The van der Waals surface area contributed by atoms with Crippen molar-refractivity contribution in [3.63, 3.8) is 0 Å². The molecule has 53 heavy (non-hydrogen) atoms. The van der Waals surface area contributed by atoms with E-state index in [4.69, 9.17) is 0 Å². The summed E-state index contributed by atoms with van der Waals surface area (Å²) >= 11 is 0. The summed E-state index contributed by atoms with van der Waals surface area (Å²) < 4.78 is 98.0. The fraction of sp³-hybridized carbons (Fsp3) is 0. The third-order valence-electron chi connectivity index (χ3n) is 8.58. The summed E-state index contributed by atoms with van der Waals surface area (Å²) in [7, 11) is -14.8. The molecule has 0 aliphatic carbocycles. The number of benzene rings is 6. The van der Waals surface area contributed by atoms with Crippen molar-refractivity contribution in [3.8, 4) is 11.1 Å². The maximum absolute atomic E-state index is 13.9. The summed E-state index contributed by atoms with van der Waals surface area (Å²) in [4.78, 5) is 23.2. The summed E-state index contributed by atoms with van der Waals surface area (Å²) in [5, 5.41) is 8.10. The third kappa shape index (κ3) is 6.86. The van der Waals surface area contributed by atoms with Crippen LogP contribution < -0.4 is 10.6 Å². The lowest BCUT2D eigenvalue weighted by Gasteiger charge is -2.12. The Bertz CT molecular complexity index is 2750. The Balaban J connectivity index is 1.25. The van der Waals surface area contributed by atoms with Crippen molar-refractivity contribution in [2.75, 3.05) is 10.6 Å². The van der Waals surface area contributed by atoms with E-state index in [2.05, 4.69) is 10.6 Å². The maximum Gasteiger partial charge on any atom is 0.296 e. The monoisotopic (exact) mass is 766 g/mol. The number of sulfone groups is 1. The number of amides is 2. The summed E-state index contributed by atoms with van der Waals surface area (Å²) in [6.45, 7) is 0. The first-order valence-corrected chi connectivity index (χ1v) is 20.0. The molecule has 0 fully saturated rings. The Hall–Kier alpha value is -5.97. The van der Waals surface area contributed by atoms with Crippen molar-refractivity contribution >= 4 is 87.0 Å². The smallest absolute Gasteiger partial charge is 0.296 e.